The summed E-state index contributed by atoms with van der Waals surface area (Å²) in [6.07, 6.45) is 1.84. The number of hydrogen-bond donors (Lipinski definition) is 2. The lowest BCUT2D eigenvalue weighted by atomic mass is 10.1. The monoisotopic (exact) mass is 305 g/mol. The number of rotatable bonds is 6. The van der Waals surface area contributed by atoms with Gasteiger partial charge in [-0.2, -0.15) is 0 Å². The molecule has 1 amide bonds. The zero-order valence-electron chi connectivity index (χ0n) is 12.7. The van der Waals surface area contributed by atoms with Crippen LogP contribution in [0.5, 0.6) is 0 Å². The number of amides is 1. The number of hydrogen-bond acceptors (Lipinski definition) is 4. The summed E-state index contributed by atoms with van der Waals surface area (Å²) in [6.45, 7) is 4.29. The minimum Gasteiger partial charge on any atom is -0.446 e. The zero-order chi connectivity index (χ0) is 16.1. The van der Waals surface area contributed by atoms with Crippen LogP contribution in [-0.2, 0) is 6.42 Å². The van der Waals surface area contributed by atoms with Gasteiger partial charge in [-0.25, -0.2) is 9.37 Å². The normalized spacial score (nSPS) is 12.4. The van der Waals surface area contributed by atoms with Crippen molar-refractivity contribution in [2.45, 2.75) is 26.3 Å². The molecule has 0 aliphatic carbocycles. The number of nitrogens with one attached hydrogen (secondary N) is 1. The predicted octanol–water partition coefficient (Wildman–Crippen LogP) is 2.44. The lowest BCUT2D eigenvalue weighted by Gasteiger charge is -2.10. The van der Waals surface area contributed by atoms with Crippen LogP contribution in [0.25, 0.3) is 0 Å². The number of carbonyl (C=O) groups excluding carboxylic acids is 1. The lowest BCUT2D eigenvalue weighted by molar-refractivity contribution is 0.0949. The van der Waals surface area contributed by atoms with Gasteiger partial charge in [-0.3, -0.25) is 4.79 Å². The highest BCUT2D eigenvalue weighted by atomic mass is 19.1. The van der Waals surface area contributed by atoms with E-state index in [1.165, 1.54) is 18.4 Å². The predicted molar refractivity (Wildman–Crippen MR) is 80.7 cm³/mol. The summed E-state index contributed by atoms with van der Waals surface area (Å²) in [7, 11) is 0. The first-order valence-corrected chi connectivity index (χ1v) is 7.21. The molecule has 1 atom stereocenters. The van der Waals surface area contributed by atoms with Gasteiger partial charge in [0.05, 0.1) is 6.04 Å². The van der Waals surface area contributed by atoms with E-state index in [4.69, 9.17) is 10.2 Å². The molecule has 1 aromatic heterocycles. The van der Waals surface area contributed by atoms with Crippen LogP contribution in [0, 0.1) is 11.7 Å². The number of halogens is 1. The third kappa shape index (κ3) is 4.14. The maximum atomic E-state index is 13.0. The number of carbonyl (C=O) groups is 1. The molecule has 0 aliphatic rings. The van der Waals surface area contributed by atoms with Crippen LogP contribution in [0.2, 0.25) is 0 Å². The lowest BCUT2D eigenvalue weighted by Crippen LogP contribution is -2.26. The molecule has 5 nitrogen and oxygen atoms in total. The minimum atomic E-state index is -0.339. The summed E-state index contributed by atoms with van der Waals surface area (Å²) in [4.78, 5) is 16.1. The molecule has 1 heterocycles. The van der Waals surface area contributed by atoms with Gasteiger partial charge in [-0.15, -0.1) is 0 Å². The van der Waals surface area contributed by atoms with Gasteiger partial charge < -0.3 is 15.5 Å². The van der Waals surface area contributed by atoms with Crippen LogP contribution in [-0.4, -0.2) is 17.4 Å². The topological polar surface area (TPSA) is 81.1 Å². The molecule has 0 fully saturated rings. The summed E-state index contributed by atoms with van der Waals surface area (Å²) >= 11 is 0. The largest absolute Gasteiger partial charge is 0.446 e. The second-order valence-corrected chi connectivity index (χ2v) is 5.48. The Morgan fingerprint density at radius 3 is 2.91 bits per heavy atom. The first-order valence-electron chi connectivity index (χ1n) is 7.21. The number of nitrogens with two attached hydrogens (primary N) is 1. The van der Waals surface area contributed by atoms with E-state index in [1.54, 1.807) is 6.07 Å². The molecule has 0 saturated carbocycles. The fourth-order valence-electron chi connectivity index (χ4n) is 1.93. The third-order valence-electron chi connectivity index (χ3n) is 3.35. The van der Waals surface area contributed by atoms with Crippen molar-refractivity contribution >= 4 is 5.91 Å². The Morgan fingerprint density at radius 1 is 1.45 bits per heavy atom. The Kier molecular flexibility index (Phi) is 5.27. The first-order chi connectivity index (χ1) is 10.5. The molecule has 0 aliphatic heterocycles. The van der Waals surface area contributed by atoms with Gasteiger partial charge in [0.2, 0.25) is 5.89 Å². The molecule has 22 heavy (non-hydrogen) atoms. The molecule has 2 aromatic rings. The summed E-state index contributed by atoms with van der Waals surface area (Å²) in [6, 6.07) is 5.95. The summed E-state index contributed by atoms with van der Waals surface area (Å²) in [5, 5.41) is 2.72. The van der Waals surface area contributed by atoms with E-state index in [0.717, 1.165) is 5.56 Å². The number of nitrogens with zero attached hydrogens (tertiary/aromatic N) is 1. The molecular formula is C16H20FN3O2. The standard InChI is InChI=1S/C16H20FN3O2/c1-10(2)14(18)16-20-13(9-22-16)15(21)19-7-6-11-4-3-5-12(17)8-11/h3-5,8-10,14H,6-7,18H2,1-2H3,(H,19,21). The van der Waals surface area contributed by atoms with Gasteiger partial charge >= 0.3 is 0 Å². The number of aromatic nitrogens is 1. The van der Waals surface area contributed by atoms with Gasteiger partial charge in [-0.05, 0) is 30.0 Å². The van der Waals surface area contributed by atoms with Crippen molar-refractivity contribution in [1.29, 1.82) is 0 Å². The maximum absolute atomic E-state index is 13.0. The quantitative estimate of drug-likeness (QED) is 0.859. The second kappa shape index (κ2) is 7.17. The van der Waals surface area contributed by atoms with Crippen molar-refractivity contribution in [3.05, 3.63) is 53.5 Å². The molecule has 6 heteroatoms. The van der Waals surface area contributed by atoms with Crippen LogP contribution in [0.3, 0.4) is 0 Å². The molecule has 0 bridgehead atoms. The average Bonchev–Trinajstić information content (AvgIpc) is 2.96. The number of benzene rings is 1. The molecule has 1 unspecified atom stereocenters. The van der Waals surface area contributed by atoms with E-state index < -0.39 is 0 Å². The highest BCUT2D eigenvalue weighted by molar-refractivity contribution is 5.91. The molecule has 0 spiro atoms. The molecule has 0 saturated heterocycles. The summed E-state index contributed by atoms with van der Waals surface area (Å²) < 4.78 is 18.3. The van der Waals surface area contributed by atoms with Crippen molar-refractivity contribution in [2.24, 2.45) is 11.7 Å². The first kappa shape index (κ1) is 16.2. The van der Waals surface area contributed by atoms with Gasteiger partial charge in [0, 0.05) is 6.54 Å². The molecule has 3 N–H and O–H groups in total. The molecule has 0 radical (unpaired) electrons. The second-order valence-electron chi connectivity index (χ2n) is 5.48. The maximum Gasteiger partial charge on any atom is 0.273 e. The van der Waals surface area contributed by atoms with E-state index in [-0.39, 0.29) is 29.4 Å². The van der Waals surface area contributed by atoms with E-state index in [9.17, 15) is 9.18 Å². The number of oxazole rings is 1. The van der Waals surface area contributed by atoms with Crippen LogP contribution in [0.1, 0.15) is 41.8 Å². The smallest absolute Gasteiger partial charge is 0.273 e. The van der Waals surface area contributed by atoms with Crippen LogP contribution in [0.15, 0.2) is 34.9 Å². The van der Waals surface area contributed by atoms with Crippen molar-refractivity contribution < 1.29 is 13.6 Å². The van der Waals surface area contributed by atoms with Crippen molar-refractivity contribution in [3.63, 3.8) is 0 Å². The summed E-state index contributed by atoms with van der Waals surface area (Å²) in [5.41, 5.74) is 6.94. The van der Waals surface area contributed by atoms with Gasteiger partial charge in [-0.1, -0.05) is 26.0 Å². The van der Waals surface area contributed by atoms with Crippen molar-refractivity contribution in [3.8, 4) is 0 Å². The molecule has 2 rings (SSSR count). The molecular weight excluding hydrogens is 285 g/mol. The fraction of sp³-hybridized carbons (Fsp3) is 0.375. The third-order valence-corrected chi connectivity index (χ3v) is 3.35. The average molecular weight is 305 g/mol. The Bertz CT molecular complexity index is 640. The van der Waals surface area contributed by atoms with E-state index in [2.05, 4.69) is 10.3 Å². The van der Waals surface area contributed by atoms with Crippen LogP contribution < -0.4 is 11.1 Å². The van der Waals surface area contributed by atoms with E-state index >= 15 is 0 Å². The van der Waals surface area contributed by atoms with Gasteiger partial charge in [0.1, 0.15) is 12.1 Å². The summed E-state index contributed by atoms with van der Waals surface area (Å²) in [5.74, 6) is -0.0946. The minimum absolute atomic E-state index is 0.169. The Balaban J connectivity index is 1.87. The molecule has 1 aromatic carbocycles. The SMILES string of the molecule is CC(C)C(N)c1nc(C(=O)NCCc2cccc(F)c2)co1. The highest BCUT2D eigenvalue weighted by Crippen LogP contribution is 2.17. The Morgan fingerprint density at radius 2 is 2.23 bits per heavy atom. The highest BCUT2D eigenvalue weighted by Gasteiger charge is 2.19. The Hall–Kier alpha value is -2.21. The van der Waals surface area contributed by atoms with E-state index in [1.807, 2.05) is 19.9 Å². The van der Waals surface area contributed by atoms with Crippen LogP contribution >= 0.6 is 0 Å². The van der Waals surface area contributed by atoms with Gasteiger partial charge in [0.25, 0.3) is 5.91 Å². The van der Waals surface area contributed by atoms with E-state index in [0.29, 0.717) is 18.9 Å². The van der Waals surface area contributed by atoms with Gasteiger partial charge in [0.15, 0.2) is 5.69 Å². The molecule has 118 valence electrons. The van der Waals surface area contributed by atoms with Crippen molar-refractivity contribution in [2.75, 3.05) is 6.54 Å². The fourth-order valence-corrected chi connectivity index (χ4v) is 1.93. The zero-order valence-corrected chi connectivity index (χ0v) is 12.7. The van der Waals surface area contributed by atoms with Crippen molar-refractivity contribution in [1.82, 2.24) is 10.3 Å². The van der Waals surface area contributed by atoms with Crippen LogP contribution in [0.4, 0.5) is 4.39 Å². The Labute approximate surface area is 128 Å².